The monoisotopic (exact) mass is 419 g/mol. The first-order valence-electron chi connectivity index (χ1n) is 8.56. The van der Waals surface area contributed by atoms with E-state index in [2.05, 4.69) is 0 Å². The lowest BCUT2D eigenvalue weighted by molar-refractivity contribution is -0.134. The average molecular weight is 420 g/mol. The van der Waals surface area contributed by atoms with E-state index >= 15 is 0 Å². The number of carbonyl (C=O) groups is 1. The van der Waals surface area contributed by atoms with Crippen molar-refractivity contribution >= 4 is 27.5 Å². The number of sulfonamides is 1. The fourth-order valence-electron chi connectivity index (χ4n) is 2.80. The van der Waals surface area contributed by atoms with Crippen LogP contribution in [0.25, 0.3) is 0 Å². The number of amides is 1. The van der Waals surface area contributed by atoms with Gasteiger partial charge in [0, 0.05) is 31.2 Å². The van der Waals surface area contributed by atoms with E-state index in [4.69, 9.17) is 21.6 Å². The van der Waals surface area contributed by atoms with Crippen molar-refractivity contribution in [2.75, 3.05) is 32.8 Å². The van der Waals surface area contributed by atoms with Crippen molar-refractivity contribution in [2.45, 2.75) is 4.90 Å². The Morgan fingerprint density at radius 2 is 1.64 bits per heavy atom. The average Bonchev–Trinajstić information content (AvgIpc) is 2.73. The van der Waals surface area contributed by atoms with Crippen molar-refractivity contribution in [3.05, 3.63) is 59.1 Å². The third kappa shape index (κ3) is 4.62. The number of benzene rings is 2. The molecule has 7 nitrogen and oxygen atoms in total. The molecule has 0 aliphatic carbocycles. The standard InChI is InChI=1S/C19H18ClN3O4S/c20-16-3-7-18(8-4-16)28(25,26)23-11-9-22(10-12-23)19(24)14-27-17-5-1-15(13-21)2-6-17/h1-8H,9-12,14H2. The summed E-state index contributed by atoms with van der Waals surface area (Å²) in [6.07, 6.45) is 0. The van der Waals surface area contributed by atoms with Gasteiger partial charge in [-0.1, -0.05) is 11.6 Å². The largest absolute Gasteiger partial charge is 0.484 e. The number of nitrogens with zero attached hydrogens (tertiary/aromatic N) is 3. The van der Waals surface area contributed by atoms with Gasteiger partial charge >= 0.3 is 0 Å². The molecule has 0 saturated carbocycles. The molecule has 1 fully saturated rings. The Balaban J connectivity index is 1.53. The summed E-state index contributed by atoms with van der Waals surface area (Å²) in [5.74, 6) is 0.282. The molecule has 0 radical (unpaired) electrons. The van der Waals surface area contributed by atoms with Gasteiger partial charge in [0.1, 0.15) is 5.75 Å². The van der Waals surface area contributed by atoms with E-state index in [9.17, 15) is 13.2 Å². The SMILES string of the molecule is N#Cc1ccc(OCC(=O)N2CCN(S(=O)(=O)c3ccc(Cl)cc3)CC2)cc1. The normalized spacial score (nSPS) is 15.1. The van der Waals surface area contributed by atoms with E-state index in [-0.39, 0.29) is 30.5 Å². The number of hydrogen-bond donors (Lipinski definition) is 0. The second-order valence-corrected chi connectivity index (χ2v) is 8.54. The zero-order chi connectivity index (χ0) is 20.1. The van der Waals surface area contributed by atoms with E-state index in [1.54, 1.807) is 29.2 Å². The van der Waals surface area contributed by atoms with Gasteiger partial charge in [0.25, 0.3) is 5.91 Å². The van der Waals surface area contributed by atoms with Crippen LogP contribution in [0.15, 0.2) is 53.4 Å². The molecule has 0 aromatic heterocycles. The van der Waals surface area contributed by atoms with Crippen molar-refractivity contribution in [3.63, 3.8) is 0 Å². The summed E-state index contributed by atoms with van der Waals surface area (Å²) in [6.45, 7) is 0.877. The van der Waals surface area contributed by atoms with Gasteiger partial charge in [0.15, 0.2) is 6.61 Å². The van der Waals surface area contributed by atoms with Crippen LogP contribution in [0.4, 0.5) is 0 Å². The van der Waals surface area contributed by atoms with Crippen molar-refractivity contribution in [1.29, 1.82) is 5.26 Å². The first-order chi connectivity index (χ1) is 13.4. The summed E-state index contributed by atoms with van der Waals surface area (Å²) >= 11 is 5.81. The quantitative estimate of drug-likeness (QED) is 0.740. The molecule has 9 heteroatoms. The second-order valence-electron chi connectivity index (χ2n) is 6.16. The lowest BCUT2D eigenvalue weighted by atomic mass is 10.2. The van der Waals surface area contributed by atoms with Crippen molar-refractivity contribution in [3.8, 4) is 11.8 Å². The first kappa shape index (κ1) is 20.1. The van der Waals surface area contributed by atoms with Crippen LogP contribution in [-0.4, -0.2) is 56.3 Å². The number of nitriles is 1. The van der Waals surface area contributed by atoms with Crippen LogP contribution in [0.1, 0.15) is 5.56 Å². The number of piperazine rings is 1. The Morgan fingerprint density at radius 1 is 1.04 bits per heavy atom. The molecule has 1 aliphatic rings. The topological polar surface area (TPSA) is 90.7 Å². The van der Waals surface area contributed by atoms with E-state index in [0.717, 1.165) is 0 Å². The third-order valence-corrected chi connectivity index (χ3v) is 6.55. The zero-order valence-corrected chi connectivity index (χ0v) is 16.5. The van der Waals surface area contributed by atoms with Gasteiger partial charge < -0.3 is 9.64 Å². The van der Waals surface area contributed by atoms with Gasteiger partial charge in [-0.3, -0.25) is 4.79 Å². The van der Waals surface area contributed by atoms with Gasteiger partial charge in [-0.2, -0.15) is 9.57 Å². The molecule has 0 bridgehead atoms. The van der Waals surface area contributed by atoms with E-state index in [1.807, 2.05) is 6.07 Å². The molecule has 0 unspecified atom stereocenters. The minimum absolute atomic E-state index is 0.143. The number of halogens is 1. The highest BCUT2D eigenvalue weighted by molar-refractivity contribution is 7.89. The van der Waals surface area contributed by atoms with Crippen LogP contribution in [0.2, 0.25) is 5.02 Å². The summed E-state index contributed by atoms with van der Waals surface area (Å²) in [5, 5.41) is 9.25. The smallest absolute Gasteiger partial charge is 0.260 e. The van der Waals surface area contributed by atoms with Crippen LogP contribution >= 0.6 is 11.6 Å². The van der Waals surface area contributed by atoms with Crippen LogP contribution in [0.5, 0.6) is 5.75 Å². The van der Waals surface area contributed by atoms with E-state index in [0.29, 0.717) is 29.4 Å². The Bertz CT molecular complexity index is 977. The fraction of sp³-hybridized carbons (Fsp3) is 0.263. The first-order valence-corrected chi connectivity index (χ1v) is 10.4. The predicted octanol–water partition coefficient (Wildman–Crippen LogP) is 2.12. The number of hydrogen-bond acceptors (Lipinski definition) is 5. The number of ether oxygens (including phenoxy) is 1. The summed E-state index contributed by atoms with van der Waals surface area (Å²) in [5.41, 5.74) is 0.511. The number of rotatable bonds is 5. The van der Waals surface area contributed by atoms with Crippen LogP contribution < -0.4 is 4.74 Å². The molecule has 146 valence electrons. The molecule has 1 saturated heterocycles. The maximum Gasteiger partial charge on any atom is 0.260 e. The Hall–Kier alpha value is -2.60. The predicted molar refractivity (Wildman–Crippen MR) is 103 cm³/mol. The molecule has 1 aliphatic heterocycles. The Kier molecular flexibility index (Phi) is 6.19. The van der Waals surface area contributed by atoms with Gasteiger partial charge in [-0.05, 0) is 48.5 Å². The van der Waals surface area contributed by atoms with Gasteiger partial charge in [0.05, 0.1) is 16.5 Å². The Labute approximate surface area is 168 Å². The second kappa shape index (κ2) is 8.61. The van der Waals surface area contributed by atoms with Crippen LogP contribution in [0, 0.1) is 11.3 Å². The van der Waals surface area contributed by atoms with Crippen molar-refractivity contribution in [1.82, 2.24) is 9.21 Å². The molecule has 2 aromatic carbocycles. The number of carbonyl (C=O) groups excluding carboxylic acids is 1. The molecular formula is C19H18ClN3O4S. The summed E-state index contributed by atoms with van der Waals surface area (Å²) < 4.78 is 32.2. The summed E-state index contributed by atoms with van der Waals surface area (Å²) in [6, 6.07) is 14.5. The Morgan fingerprint density at radius 3 is 2.21 bits per heavy atom. The molecule has 1 heterocycles. The minimum atomic E-state index is -3.61. The third-order valence-electron chi connectivity index (χ3n) is 4.39. The molecular weight excluding hydrogens is 402 g/mol. The van der Waals surface area contributed by atoms with Gasteiger partial charge in [-0.15, -0.1) is 0 Å². The molecule has 2 aromatic rings. The molecule has 0 atom stereocenters. The van der Waals surface area contributed by atoms with Crippen molar-refractivity contribution < 1.29 is 17.9 Å². The van der Waals surface area contributed by atoms with Crippen LogP contribution in [-0.2, 0) is 14.8 Å². The molecule has 3 rings (SSSR count). The molecule has 0 spiro atoms. The lowest BCUT2D eigenvalue weighted by Crippen LogP contribution is -2.51. The highest BCUT2D eigenvalue weighted by atomic mass is 35.5. The van der Waals surface area contributed by atoms with E-state index in [1.165, 1.54) is 28.6 Å². The zero-order valence-electron chi connectivity index (χ0n) is 14.9. The van der Waals surface area contributed by atoms with Gasteiger partial charge in [-0.25, -0.2) is 8.42 Å². The highest BCUT2D eigenvalue weighted by Crippen LogP contribution is 2.20. The molecule has 1 amide bonds. The van der Waals surface area contributed by atoms with Crippen molar-refractivity contribution in [2.24, 2.45) is 0 Å². The maximum absolute atomic E-state index is 12.7. The minimum Gasteiger partial charge on any atom is -0.484 e. The molecule has 28 heavy (non-hydrogen) atoms. The fourth-order valence-corrected chi connectivity index (χ4v) is 4.34. The highest BCUT2D eigenvalue weighted by Gasteiger charge is 2.30. The summed E-state index contributed by atoms with van der Waals surface area (Å²) in [4.78, 5) is 14.1. The molecule has 0 N–H and O–H groups in total. The van der Waals surface area contributed by atoms with E-state index < -0.39 is 10.0 Å². The van der Waals surface area contributed by atoms with Crippen LogP contribution in [0.3, 0.4) is 0 Å². The summed E-state index contributed by atoms with van der Waals surface area (Å²) in [7, 11) is -3.61. The van der Waals surface area contributed by atoms with Gasteiger partial charge in [0.2, 0.25) is 10.0 Å². The lowest BCUT2D eigenvalue weighted by Gasteiger charge is -2.34. The maximum atomic E-state index is 12.7.